The van der Waals surface area contributed by atoms with Crippen molar-refractivity contribution in [1.82, 2.24) is 4.90 Å². The predicted molar refractivity (Wildman–Crippen MR) is 72.0 cm³/mol. The molecule has 4 nitrogen and oxygen atoms in total. The molecule has 1 aromatic carbocycles. The van der Waals surface area contributed by atoms with E-state index in [1.165, 1.54) is 0 Å². The molecule has 0 bridgehead atoms. The SMILES string of the molecule is CNc1cc(C)ccc1C(=O)N1CCC(OC)C1. The second kappa shape index (κ2) is 5.40. The summed E-state index contributed by atoms with van der Waals surface area (Å²) in [5.74, 6) is 0.0823. The van der Waals surface area contributed by atoms with Gasteiger partial charge in [-0.1, -0.05) is 6.07 Å². The smallest absolute Gasteiger partial charge is 0.256 e. The highest BCUT2D eigenvalue weighted by atomic mass is 16.5. The van der Waals surface area contributed by atoms with Crippen LogP contribution in [-0.2, 0) is 4.74 Å². The van der Waals surface area contributed by atoms with E-state index in [-0.39, 0.29) is 12.0 Å². The molecule has 98 valence electrons. The molecule has 0 aliphatic carbocycles. The quantitative estimate of drug-likeness (QED) is 0.888. The van der Waals surface area contributed by atoms with Gasteiger partial charge in [-0.15, -0.1) is 0 Å². The second-order valence-electron chi connectivity index (χ2n) is 4.70. The Hall–Kier alpha value is -1.55. The minimum atomic E-state index is 0.0823. The van der Waals surface area contributed by atoms with Gasteiger partial charge in [0.15, 0.2) is 0 Å². The number of methoxy groups -OCH3 is 1. The number of hydrogen-bond acceptors (Lipinski definition) is 3. The molecule has 0 radical (unpaired) electrons. The Morgan fingerprint density at radius 1 is 1.50 bits per heavy atom. The molecular weight excluding hydrogens is 228 g/mol. The average Bonchev–Trinajstić information content (AvgIpc) is 2.86. The molecule has 0 aromatic heterocycles. The number of amides is 1. The number of ether oxygens (including phenoxy) is 1. The zero-order valence-corrected chi connectivity index (χ0v) is 11.2. The lowest BCUT2D eigenvalue weighted by atomic mass is 10.1. The van der Waals surface area contributed by atoms with E-state index in [0.717, 1.165) is 29.8 Å². The molecule has 1 atom stereocenters. The van der Waals surface area contributed by atoms with Gasteiger partial charge in [-0.2, -0.15) is 0 Å². The zero-order chi connectivity index (χ0) is 13.1. The van der Waals surface area contributed by atoms with Gasteiger partial charge in [0.05, 0.1) is 11.7 Å². The van der Waals surface area contributed by atoms with Gasteiger partial charge in [0.25, 0.3) is 5.91 Å². The van der Waals surface area contributed by atoms with Crippen molar-refractivity contribution in [3.63, 3.8) is 0 Å². The number of rotatable bonds is 3. The largest absolute Gasteiger partial charge is 0.387 e. The Morgan fingerprint density at radius 3 is 2.89 bits per heavy atom. The summed E-state index contributed by atoms with van der Waals surface area (Å²) < 4.78 is 5.29. The van der Waals surface area contributed by atoms with Crippen molar-refractivity contribution >= 4 is 11.6 Å². The summed E-state index contributed by atoms with van der Waals surface area (Å²) in [5.41, 5.74) is 2.77. The molecule has 0 spiro atoms. The maximum Gasteiger partial charge on any atom is 0.256 e. The first-order chi connectivity index (χ1) is 8.65. The van der Waals surface area contributed by atoms with Gasteiger partial charge in [-0.3, -0.25) is 4.79 Å². The van der Waals surface area contributed by atoms with Crippen molar-refractivity contribution in [3.05, 3.63) is 29.3 Å². The number of nitrogens with one attached hydrogen (secondary N) is 1. The average molecular weight is 248 g/mol. The van der Waals surface area contributed by atoms with Crippen LogP contribution in [0.25, 0.3) is 0 Å². The third-order valence-corrected chi connectivity index (χ3v) is 3.44. The maximum absolute atomic E-state index is 12.4. The molecule has 1 fully saturated rings. The fourth-order valence-electron chi connectivity index (χ4n) is 2.33. The van der Waals surface area contributed by atoms with Gasteiger partial charge in [-0.05, 0) is 31.0 Å². The molecule has 1 unspecified atom stereocenters. The third-order valence-electron chi connectivity index (χ3n) is 3.44. The molecular formula is C14H20N2O2. The Morgan fingerprint density at radius 2 is 2.28 bits per heavy atom. The van der Waals surface area contributed by atoms with Crippen LogP contribution in [0.5, 0.6) is 0 Å². The van der Waals surface area contributed by atoms with Crippen molar-refractivity contribution in [3.8, 4) is 0 Å². The zero-order valence-electron chi connectivity index (χ0n) is 11.2. The Balaban J connectivity index is 2.19. The minimum Gasteiger partial charge on any atom is -0.387 e. The predicted octanol–water partition coefficient (Wildman–Crippen LogP) is 1.90. The van der Waals surface area contributed by atoms with Crippen LogP contribution >= 0.6 is 0 Å². The van der Waals surface area contributed by atoms with Crippen LogP contribution in [0, 0.1) is 6.92 Å². The van der Waals surface area contributed by atoms with Gasteiger partial charge in [0, 0.05) is 32.9 Å². The molecule has 1 N–H and O–H groups in total. The van der Waals surface area contributed by atoms with Crippen LogP contribution in [0.4, 0.5) is 5.69 Å². The number of likely N-dealkylation sites (tertiary alicyclic amines) is 1. The van der Waals surface area contributed by atoms with E-state index >= 15 is 0 Å². The summed E-state index contributed by atoms with van der Waals surface area (Å²) in [6.07, 6.45) is 1.10. The lowest BCUT2D eigenvalue weighted by Gasteiger charge is -2.18. The Kier molecular flexibility index (Phi) is 3.87. The van der Waals surface area contributed by atoms with Gasteiger partial charge in [0.1, 0.15) is 0 Å². The summed E-state index contributed by atoms with van der Waals surface area (Å²) in [6, 6.07) is 5.86. The van der Waals surface area contributed by atoms with Crippen LogP contribution in [0.2, 0.25) is 0 Å². The molecule has 18 heavy (non-hydrogen) atoms. The van der Waals surface area contributed by atoms with Crippen molar-refractivity contribution in [1.29, 1.82) is 0 Å². The van der Waals surface area contributed by atoms with Crippen molar-refractivity contribution < 1.29 is 9.53 Å². The first kappa shape index (κ1) is 12.9. The molecule has 1 saturated heterocycles. The number of carbonyl (C=O) groups excluding carboxylic acids is 1. The first-order valence-corrected chi connectivity index (χ1v) is 6.26. The van der Waals surface area contributed by atoms with Gasteiger partial charge < -0.3 is 15.0 Å². The van der Waals surface area contributed by atoms with E-state index in [0.29, 0.717) is 6.54 Å². The fourth-order valence-corrected chi connectivity index (χ4v) is 2.33. The van der Waals surface area contributed by atoms with Crippen LogP contribution < -0.4 is 5.32 Å². The number of nitrogens with zero attached hydrogens (tertiary/aromatic N) is 1. The van der Waals surface area contributed by atoms with E-state index < -0.39 is 0 Å². The molecule has 1 aliphatic rings. The molecule has 1 aromatic rings. The van der Waals surface area contributed by atoms with E-state index in [2.05, 4.69) is 5.32 Å². The molecule has 2 rings (SSSR count). The van der Waals surface area contributed by atoms with Crippen LogP contribution in [0.3, 0.4) is 0 Å². The van der Waals surface area contributed by atoms with E-state index in [1.54, 1.807) is 7.11 Å². The second-order valence-corrected chi connectivity index (χ2v) is 4.70. The Labute approximate surface area is 108 Å². The number of anilines is 1. The first-order valence-electron chi connectivity index (χ1n) is 6.26. The topological polar surface area (TPSA) is 41.6 Å². The third kappa shape index (κ3) is 2.48. The van der Waals surface area contributed by atoms with Gasteiger partial charge >= 0.3 is 0 Å². The van der Waals surface area contributed by atoms with Crippen LogP contribution in [0.15, 0.2) is 18.2 Å². The van der Waals surface area contributed by atoms with Gasteiger partial charge in [0.2, 0.25) is 0 Å². The summed E-state index contributed by atoms with van der Waals surface area (Å²) >= 11 is 0. The molecule has 1 amide bonds. The number of carbonyl (C=O) groups is 1. The number of hydrogen-bond donors (Lipinski definition) is 1. The van der Waals surface area contributed by atoms with Crippen molar-refractivity contribution in [2.75, 3.05) is 32.6 Å². The lowest BCUT2D eigenvalue weighted by Crippen LogP contribution is -2.30. The van der Waals surface area contributed by atoms with Crippen molar-refractivity contribution in [2.45, 2.75) is 19.4 Å². The van der Waals surface area contributed by atoms with E-state index in [9.17, 15) is 4.79 Å². The fraction of sp³-hybridized carbons (Fsp3) is 0.500. The summed E-state index contributed by atoms with van der Waals surface area (Å²) in [7, 11) is 3.54. The lowest BCUT2D eigenvalue weighted by molar-refractivity contribution is 0.0725. The summed E-state index contributed by atoms with van der Waals surface area (Å²) in [4.78, 5) is 14.3. The van der Waals surface area contributed by atoms with Gasteiger partial charge in [-0.25, -0.2) is 0 Å². The Bertz CT molecular complexity index is 445. The maximum atomic E-state index is 12.4. The molecule has 0 saturated carbocycles. The summed E-state index contributed by atoms with van der Waals surface area (Å²) in [5, 5.41) is 3.09. The highest BCUT2D eigenvalue weighted by Gasteiger charge is 2.27. The van der Waals surface area contributed by atoms with Crippen LogP contribution in [0.1, 0.15) is 22.3 Å². The highest BCUT2D eigenvalue weighted by molar-refractivity contribution is 5.99. The monoisotopic (exact) mass is 248 g/mol. The standard InChI is InChI=1S/C14H20N2O2/c1-10-4-5-12(13(8-10)15-2)14(17)16-7-6-11(9-16)18-3/h4-5,8,11,15H,6-7,9H2,1-3H3. The minimum absolute atomic E-state index is 0.0823. The summed E-state index contributed by atoms with van der Waals surface area (Å²) in [6.45, 7) is 3.48. The normalized spacial score (nSPS) is 19.1. The highest BCUT2D eigenvalue weighted by Crippen LogP contribution is 2.22. The van der Waals surface area contributed by atoms with Crippen LogP contribution in [-0.4, -0.2) is 44.2 Å². The number of benzene rings is 1. The van der Waals surface area contributed by atoms with E-state index in [1.807, 2.05) is 37.1 Å². The van der Waals surface area contributed by atoms with Crippen molar-refractivity contribution in [2.24, 2.45) is 0 Å². The molecule has 4 heteroatoms. The van der Waals surface area contributed by atoms with E-state index in [4.69, 9.17) is 4.74 Å². The number of aryl methyl sites for hydroxylation is 1. The molecule has 1 aliphatic heterocycles. The molecule has 1 heterocycles.